The first-order chi connectivity index (χ1) is 12.3. The highest BCUT2D eigenvalue weighted by Crippen LogP contribution is 2.48. The van der Waals surface area contributed by atoms with Crippen molar-refractivity contribution in [3.05, 3.63) is 27.2 Å². The number of nitrogens with zero attached hydrogens (tertiary/aromatic N) is 4. The lowest BCUT2D eigenvalue weighted by atomic mass is 10.2. The molecule has 2 aromatic heterocycles. The van der Waals surface area contributed by atoms with Gasteiger partial charge in [-0.3, -0.25) is 18.5 Å². The third-order valence-corrected chi connectivity index (χ3v) is 6.33. The van der Waals surface area contributed by atoms with Gasteiger partial charge in [-0.2, -0.15) is 0 Å². The van der Waals surface area contributed by atoms with Crippen molar-refractivity contribution in [1.82, 2.24) is 18.7 Å². The van der Waals surface area contributed by atoms with Crippen LogP contribution in [0.3, 0.4) is 0 Å². The van der Waals surface area contributed by atoms with Crippen molar-refractivity contribution in [2.24, 2.45) is 14.1 Å². The van der Waals surface area contributed by atoms with Crippen molar-refractivity contribution in [1.29, 1.82) is 0 Å². The van der Waals surface area contributed by atoms with Crippen LogP contribution < -0.4 is 11.2 Å². The van der Waals surface area contributed by atoms with Crippen LogP contribution in [0.1, 0.15) is 33.1 Å². The van der Waals surface area contributed by atoms with E-state index >= 15 is 0 Å². The van der Waals surface area contributed by atoms with Crippen LogP contribution in [0.5, 0.6) is 0 Å². The summed E-state index contributed by atoms with van der Waals surface area (Å²) in [6.45, 7) is 4.55. The van der Waals surface area contributed by atoms with Crippen LogP contribution in [0.25, 0.3) is 11.2 Å². The Hall–Kier alpha value is -1.70. The number of imidazole rings is 1. The average Bonchev–Trinajstić information content (AvgIpc) is 2.98. The van der Waals surface area contributed by atoms with Crippen molar-refractivity contribution < 1.29 is 13.6 Å². The fourth-order valence-electron chi connectivity index (χ4n) is 2.91. The van der Waals surface area contributed by atoms with Crippen LogP contribution >= 0.6 is 7.60 Å². The molecule has 0 aliphatic carbocycles. The van der Waals surface area contributed by atoms with Gasteiger partial charge in [0, 0.05) is 20.6 Å². The Balaban J connectivity index is 2.03. The zero-order chi connectivity index (χ0) is 19.3. The summed E-state index contributed by atoms with van der Waals surface area (Å²) >= 11 is 0. The maximum absolute atomic E-state index is 12.6. The van der Waals surface area contributed by atoms with Gasteiger partial charge < -0.3 is 13.6 Å². The molecule has 0 atom stereocenters. The summed E-state index contributed by atoms with van der Waals surface area (Å²) < 4.78 is 27.1. The molecule has 0 unspecified atom stereocenters. The molecule has 9 nitrogen and oxygen atoms in total. The fraction of sp³-hybridized carbons (Fsp3) is 0.688. The first kappa shape index (κ1) is 20.6. The molecule has 0 aliphatic rings. The molecule has 0 amide bonds. The summed E-state index contributed by atoms with van der Waals surface area (Å²) in [5.74, 6) is 0. The van der Waals surface area contributed by atoms with Crippen LogP contribution in [0.2, 0.25) is 0 Å². The van der Waals surface area contributed by atoms with Crippen LogP contribution in [0.4, 0.5) is 0 Å². The molecule has 10 heteroatoms. The molecule has 2 rings (SSSR count). The lowest BCUT2D eigenvalue weighted by molar-refractivity contribution is 0.219. The number of hydrogen-bond acceptors (Lipinski definition) is 6. The SMILES string of the molecule is CCOP(=O)(CCCCCn1c(=O)c2c(ncn2C)n(C)c1=O)OCC. The van der Waals surface area contributed by atoms with Crippen molar-refractivity contribution in [2.45, 2.75) is 39.7 Å². The van der Waals surface area contributed by atoms with E-state index in [-0.39, 0.29) is 11.2 Å². The van der Waals surface area contributed by atoms with Gasteiger partial charge in [0.15, 0.2) is 11.2 Å². The van der Waals surface area contributed by atoms with Gasteiger partial charge in [0.2, 0.25) is 0 Å². The topological polar surface area (TPSA) is 97.4 Å². The molecule has 0 saturated carbocycles. The van der Waals surface area contributed by atoms with Gasteiger partial charge in [0.05, 0.1) is 25.7 Å². The van der Waals surface area contributed by atoms with Gasteiger partial charge >= 0.3 is 13.3 Å². The molecule has 26 heavy (non-hydrogen) atoms. The van der Waals surface area contributed by atoms with Crippen molar-refractivity contribution in [3.8, 4) is 0 Å². The second kappa shape index (κ2) is 8.79. The van der Waals surface area contributed by atoms with E-state index in [9.17, 15) is 14.2 Å². The first-order valence-electron chi connectivity index (χ1n) is 8.83. The lowest BCUT2D eigenvalue weighted by Crippen LogP contribution is -2.39. The van der Waals surface area contributed by atoms with Crippen LogP contribution in [-0.4, -0.2) is 38.1 Å². The fourth-order valence-corrected chi connectivity index (χ4v) is 4.64. The highest BCUT2D eigenvalue weighted by molar-refractivity contribution is 7.53. The van der Waals surface area contributed by atoms with Crippen LogP contribution in [0.15, 0.2) is 15.9 Å². The van der Waals surface area contributed by atoms with Gasteiger partial charge in [0.1, 0.15) is 0 Å². The summed E-state index contributed by atoms with van der Waals surface area (Å²) in [6, 6.07) is 0. The number of aryl methyl sites for hydroxylation is 2. The van der Waals surface area contributed by atoms with Gasteiger partial charge in [-0.15, -0.1) is 0 Å². The number of rotatable bonds is 10. The molecule has 0 N–H and O–H groups in total. The quantitative estimate of drug-likeness (QED) is 0.457. The third kappa shape index (κ3) is 4.34. The van der Waals surface area contributed by atoms with E-state index in [1.165, 1.54) is 15.5 Å². The monoisotopic (exact) mass is 386 g/mol. The summed E-state index contributed by atoms with van der Waals surface area (Å²) in [6.07, 6.45) is 3.83. The molecule has 0 fully saturated rings. The van der Waals surface area contributed by atoms with Gasteiger partial charge in [0.25, 0.3) is 5.56 Å². The molecule has 2 aromatic rings. The first-order valence-corrected chi connectivity index (χ1v) is 10.6. The van der Waals surface area contributed by atoms with E-state index in [2.05, 4.69) is 4.98 Å². The van der Waals surface area contributed by atoms with Gasteiger partial charge in [-0.05, 0) is 26.7 Å². The minimum atomic E-state index is -3.04. The van der Waals surface area contributed by atoms with Gasteiger partial charge in [-0.25, -0.2) is 9.78 Å². The zero-order valence-corrected chi connectivity index (χ0v) is 16.7. The standard InChI is InChI=1S/C16H27N4O5P/c1-5-24-26(23,25-6-2)11-9-7-8-10-20-15(21)13-14(17-12-18(13)3)19(4)16(20)22/h12H,5-11H2,1-4H3. The minimum Gasteiger partial charge on any atom is -0.328 e. The minimum absolute atomic E-state index is 0.306. The van der Waals surface area contributed by atoms with E-state index in [4.69, 9.17) is 9.05 Å². The van der Waals surface area contributed by atoms with Crippen molar-refractivity contribution in [3.63, 3.8) is 0 Å². The number of unbranched alkanes of at least 4 members (excludes halogenated alkanes) is 2. The molecule has 0 spiro atoms. The summed E-state index contributed by atoms with van der Waals surface area (Å²) in [7, 11) is 0.297. The highest BCUT2D eigenvalue weighted by atomic mass is 31.2. The highest BCUT2D eigenvalue weighted by Gasteiger charge is 2.22. The number of hydrogen-bond donors (Lipinski definition) is 0. The number of fused-ring (bicyclic) bond motifs is 1. The maximum atomic E-state index is 12.6. The van der Waals surface area contributed by atoms with E-state index in [0.717, 1.165) is 0 Å². The van der Waals surface area contributed by atoms with Gasteiger partial charge in [-0.1, -0.05) is 6.42 Å². The molecular formula is C16H27N4O5P. The Morgan fingerprint density at radius 3 is 2.35 bits per heavy atom. The normalized spacial score (nSPS) is 12.2. The predicted octanol–water partition coefficient (Wildman–Crippen LogP) is 1.87. The number of aromatic nitrogens is 4. The summed E-state index contributed by atoms with van der Waals surface area (Å²) in [5.41, 5.74) is 0.0744. The Morgan fingerprint density at radius 2 is 1.73 bits per heavy atom. The smallest absolute Gasteiger partial charge is 0.328 e. The summed E-state index contributed by atoms with van der Waals surface area (Å²) in [5, 5.41) is 0. The molecule has 146 valence electrons. The lowest BCUT2D eigenvalue weighted by Gasteiger charge is -2.16. The third-order valence-electron chi connectivity index (χ3n) is 4.17. The molecule has 2 heterocycles. The Labute approximate surface area is 152 Å². The van der Waals surface area contributed by atoms with E-state index in [1.54, 1.807) is 32.5 Å². The Kier molecular flexibility index (Phi) is 6.97. The average molecular weight is 386 g/mol. The molecule has 0 saturated heterocycles. The van der Waals surface area contributed by atoms with Crippen molar-refractivity contribution in [2.75, 3.05) is 19.4 Å². The van der Waals surface area contributed by atoms with Crippen LogP contribution in [-0.2, 0) is 34.3 Å². The molecule has 0 aromatic carbocycles. The van der Waals surface area contributed by atoms with Crippen LogP contribution in [0, 0.1) is 0 Å². The van der Waals surface area contributed by atoms with E-state index in [1.807, 2.05) is 0 Å². The molecule has 0 bridgehead atoms. The molecule has 0 radical (unpaired) electrons. The second-order valence-corrected chi connectivity index (χ2v) is 8.24. The molecule has 0 aliphatic heterocycles. The van der Waals surface area contributed by atoms with Crippen molar-refractivity contribution >= 4 is 18.8 Å². The van der Waals surface area contributed by atoms with E-state index < -0.39 is 7.60 Å². The maximum Gasteiger partial charge on any atom is 0.332 e. The van der Waals surface area contributed by atoms with E-state index in [0.29, 0.717) is 56.3 Å². The summed E-state index contributed by atoms with van der Waals surface area (Å²) in [4.78, 5) is 29.1. The Morgan fingerprint density at radius 1 is 1.08 bits per heavy atom. The largest absolute Gasteiger partial charge is 0.332 e. The zero-order valence-electron chi connectivity index (χ0n) is 15.8. The Bertz CT molecular complexity index is 904. The second-order valence-electron chi connectivity index (χ2n) is 6.06. The molecular weight excluding hydrogens is 359 g/mol. The predicted molar refractivity (Wildman–Crippen MR) is 99.8 cm³/mol.